The Labute approximate surface area is 117 Å². The van der Waals surface area contributed by atoms with Gasteiger partial charge >= 0.3 is 0 Å². The van der Waals surface area contributed by atoms with Crippen molar-refractivity contribution >= 4 is 23.0 Å². The molecule has 0 fully saturated rings. The van der Waals surface area contributed by atoms with Crippen LogP contribution >= 0.6 is 0 Å². The van der Waals surface area contributed by atoms with Gasteiger partial charge in [-0.05, 0) is 42.3 Å². The first-order valence-corrected chi connectivity index (χ1v) is 6.25. The van der Waals surface area contributed by atoms with Gasteiger partial charge in [-0.3, -0.25) is 4.79 Å². The van der Waals surface area contributed by atoms with Crippen molar-refractivity contribution in [2.24, 2.45) is 0 Å². The molecule has 0 saturated carbocycles. The largest absolute Gasteiger partial charge is 0.399 e. The molecule has 20 heavy (non-hydrogen) atoms. The molecule has 0 radical (unpaired) electrons. The van der Waals surface area contributed by atoms with Gasteiger partial charge in [0.2, 0.25) is 0 Å². The van der Waals surface area contributed by atoms with E-state index in [9.17, 15) is 4.79 Å². The Kier molecular flexibility index (Phi) is 4.22. The summed E-state index contributed by atoms with van der Waals surface area (Å²) in [7, 11) is 0. The highest BCUT2D eigenvalue weighted by Gasteiger charge is 2.07. The summed E-state index contributed by atoms with van der Waals surface area (Å²) in [5, 5.41) is 11.6. The second-order valence-electron chi connectivity index (χ2n) is 4.51. The van der Waals surface area contributed by atoms with E-state index in [1.165, 1.54) is 0 Å². The number of carbonyl (C=O) groups excluding carboxylic acids is 1. The fourth-order valence-electron chi connectivity index (χ4n) is 1.89. The number of hydrogen-bond donors (Lipinski definition) is 4. The zero-order chi connectivity index (χ0) is 14.5. The zero-order valence-corrected chi connectivity index (χ0v) is 11.0. The Bertz CT molecular complexity index is 589. The van der Waals surface area contributed by atoms with Crippen LogP contribution in [0.15, 0.2) is 42.5 Å². The molecule has 5 heteroatoms. The average molecular weight is 271 g/mol. The van der Waals surface area contributed by atoms with E-state index < -0.39 is 0 Å². The topological polar surface area (TPSA) is 101 Å². The number of nitrogen functional groups attached to an aromatic ring is 2. The molecule has 0 aliphatic carbocycles. The fraction of sp³-hybridized carbons (Fsp3) is 0.133. The molecular weight excluding hydrogens is 254 g/mol. The zero-order valence-electron chi connectivity index (χ0n) is 11.0. The summed E-state index contributed by atoms with van der Waals surface area (Å²) >= 11 is 0. The molecule has 0 heterocycles. The van der Waals surface area contributed by atoms with Crippen molar-refractivity contribution in [1.82, 2.24) is 0 Å². The van der Waals surface area contributed by atoms with E-state index in [2.05, 4.69) is 5.32 Å². The van der Waals surface area contributed by atoms with Gasteiger partial charge in [0.15, 0.2) is 0 Å². The van der Waals surface area contributed by atoms with Crippen molar-refractivity contribution in [1.29, 1.82) is 0 Å². The maximum absolute atomic E-state index is 12.1. The summed E-state index contributed by atoms with van der Waals surface area (Å²) < 4.78 is 0. The monoisotopic (exact) mass is 271 g/mol. The highest BCUT2D eigenvalue weighted by molar-refractivity contribution is 6.05. The van der Waals surface area contributed by atoms with Gasteiger partial charge < -0.3 is 21.9 Å². The lowest BCUT2D eigenvalue weighted by atomic mass is 10.1. The maximum Gasteiger partial charge on any atom is 0.255 e. The van der Waals surface area contributed by atoms with Crippen molar-refractivity contribution < 1.29 is 9.90 Å². The molecule has 0 bridgehead atoms. The van der Waals surface area contributed by atoms with Crippen LogP contribution in [0.2, 0.25) is 0 Å². The molecular formula is C15H17N3O2. The Hall–Kier alpha value is -2.53. The van der Waals surface area contributed by atoms with Gasteiger partial charge in [0.05, 0.1) is 0 Å². The van der Waals surface area contributed by atoms with Gasteiger partial charge in [0, 0.05) is 29.2 Å². The third-order valence-corrected chi connectivity index (χ3v) is 2.85. The van der Waals surface area contributed by atoms with Crippen molar-refractivity contribution in [2.75, 3.05) is 23.4 Å². The molecule has 5 nitrogen and oxygen atoms in total. The van der Waals surface area contributed by atoms with Gasteiger partial charge in [-0.15, -0.1) is 0 Å². The first-order chi connectivity index (χ1) is 9.58. The molecule has 2 aromatic carbocycles. The van der Waals surface area contributed by atoms with E-state index in [1.807, 2.05) is 12.1 Å². The van der Waals surface area contributed by atoms with Crippen LogP contribution in [-0.2, 0) is 6.42 Å². The Morgan fingerprint density at radius 3 is 2.20 bits per heavy atom. The minimum absolute atomic E-state index is 0.105. The summed E-state index contributed by atoms with van der Waals surface area (Å²) in [5.41, 5.74) is 14.3. The second kappa shape index (κ2) is 6.08. The average Bonchev–Trinajstić information content (AvgIpc) is 2.40. The maximum atomic E-state index is 12.1. The minimum Gasteiger partial charge on any atom is -0.399 e. The lowest BCUT2D eigenvalue weighted by Gasteiger charge is -2.08. The molecule has 0 aliphatic heterocycles. The molecule has 0 aliphatic rings. The van der Waals surface area contributed by atoms with Crippen LogP contribution in [0.5, 0.6) is 0 Å². The number of amides is 1. The van der Waals surface area contributed by atoms with Gasteiger partial charge in [0.25, 0.3) is 5.91 Å². The predicted octanol–water partition coefficient (Wildman–Crippen LogP) is 1.64. The normalized spacial score (nSPS) is 10.2. The van der Waals surface area contributed by atoms with Gasteiger partial charge in [-0.2, -0.15) is 0 Å². The molecule has 1 amide bonds. The summed E-state index contributed by atoms with van der Waals surface area (Å²) in [4.78, 5) is 12.1. The van der Waals surface area contributed by atoms with Crippen LogP contribution in [0.1, 0.15) is 15.9 Å². The Morgan fingerprint density at radius 1 is 1.05 bits per heavy atom. The van der Waals surface area contributed by atoms with Crippen LogP contribution in [0, 0.1) is 0 Å². The first kappa shape index (κ1) is 13.9. The Morgan fingerprint density at radius 2 is 1.65 bits per heavy atom. The molecule has 104 valence electrons. The number of benzene rings is 2. The van der Waals surface area contributed by atoms with Crippen molar-refractivity contribution in [3.05, 3.63) is 53.6 Å². The van der Waals surface area contributed by atoms with Crippen molar-refractivity contribution in [3.63, 3.8) is 0 Å². The minimum atomic E-state index is -0.265. The van der Waals surface area contributed by atoms with E-state index in [0.717, 1.165) is 5.56 Å². The molecule has 0 atom stereocenters. The van der Waals surface area contributed by atoms with Crippen LogP contribution in [0.25, 0.3) is 0 Å². The van der Waals surface area contributed by atoms with Crippen LogP contribution in [-0.4, -0.2) is 17.6 Å². The van der Waals surface area contributed by atoms with Crippen molar-refractivity contribution in [2.45, 2.75) is 6.42 Å². The van der Waals surface area contributed by atoms with E-state index >= 15 is 0 Å². The predicted molar refractivity (Wildman–Crippen MR) is 80.5 cm³/mol. The lowest BCUT2D eigenvalue weighted by molar-refractivity contribution is 0.102. The standard InChI is InChI=1S/C15H17N3O2/c16-12-7-11(8-13(17)9-12)15(20)18-14-3-1-10(2-4-14)5-6-19/h1-4,7-9,19H,5-6,16-17H2,(H,18,20). The SMILES string of the molecule is Nc1cc(N)cc(C(=O)Nc2ccc(CCO)cc2)c1. The molecule has 0 unspecified atom stereocenters. The van der Waals surface area contributed by atoms with Gasteiger partial charge in [-0.25, -0.2) is 0 Å². The number of aliphatic hydroxyl groups excluding tert-OH is 1. The number of carbonyl (C=O) groups is 1. The molecule has 0 saturated heterocycles. The second-order valence-corrected chi connectivity index (χ2v) is 4.51. The smallest absolute Gasteiger partial charge is 0.255 e. The summed E-state index contributed by atoms with van der Waals surface area (Å²) in [6.07, 6.45) is 0.597. The quantitative estimate of drug-likeness (QED) is 0.635. The van der Waals surface area contributed by atoms with E-state index in [0.29, 0.717) is 29.0 Å². The van der Waals surface area contributed by atoms with E-state index in [1.54, 1.807) is 30.3 Å². The number of aliphatic hydroxyl groups is 1. The van der Waals surface area contributed by atoms with E-state index in [4.69, 9.17) is 16.6 Å². The number of nitrogens with two attached hydrogens (primary N) is 2. The third kappa shape index (κ3) is 3.49. The third-order valence-electron chi connectivity index (χ3n) is 2.85. The summed E-state index contributed by atoms with van der Waals surface area (Å²) in [6, 6.07) is 12.0. The Balaban J connectivity index is 2.10. The summed E-state index contributed by atoms with van der Waals surface area (Å²) in [6.45, 7) is 0.105. The molecule has 0 aromatic heterocycles. The number of hydrogen-bond acceptors (Lipinski definition) is 4. The van der Waals surface area contributed by atoms with Gasteiger partial charge in [-0.1, -0.05) is 12.1 Å². The van der Waals surface area contributed by atoms with E-state index in [-0.39, 0.29) is 12.5 Å². The molecule has 6 N–H and O–H groups in total. The lowest BCUT2D eigenvalue weighted by Crippen LogP contribution is -2.12. The highest BCUT2D eigenvalue weighted by atomic mass is 16.2. The molecule has 2 rings (SSSR count). The molecule has 0 spiro atoms. The number of nitrogens with one attached hydrogen (secondary N) is 1. The van der Waals surface area contributed by atoms with Crippen LogP contribution < -0.4 is 16.8 Å². The van der Waals surface area contributed by atoms with Crippen LogP contribution in [0.4, 0.5) is 17.1 Å². The number of anilines is 3. The van der Waals surface area contributed by atoms with Crippen LogP contribution in [0.3, 0.4) is 0 Å². The number of rotatable bonds is 4. The fourth-order valence-corrected chi connectivity index (χ4v) is 1.89. The molecule has 2 aromatic rings. The highest BCUT2D eigenvalue weighted by Crippen LogP contribution is 2.16. The van der Waals surface area contributed by atoms with Gasteiger partial charge in [0.1, 0.15) is 0 Å². The van der Waals surface area contributed by atoms with Crippen molar-refractivity contribution in [3.8, 4) is 0 Å². The first-order valence-electron chi connectivity index (χ1n) is 6.25. The summed E-state index contributed by atoms with van der Waals surface area (Å²) in [5.74, 6) is -0.265.